The molecule has 0 spiro atoms. The fraction of sp³-hybridized carbons (Fsp3) is 0.941. The van der Waals surface area contributed by atoms with Crippen molar-refractivity contribution in [1.29, 1.82) is 0 Å². The number of rotatable bonds is 8. The van der Waals surface area contributed by atoms with Gasteiger partial charge in [-0.1, -0.05) is 13.8 Å². The summed E-state index contributed by atoms with van der Waals surface area (Å²) in [6, 6.07) is 0.484. The van der Waals surface area contributed by atoms with E-state index in [1.54, 1.807) is 7.11 Å². The van der Waals surface area contributed by atoms with Crippen LogP contribution in [0.25, 0.3) is 0 Å². The molecule has 0 amide bonds. The fourth-order valence-corrected chi connectivity index (χ4v) is 2.57. The number of ether oxygens (including phenoxy) is 2. The zero-order chi connectivity index (χ0) is 17.3. The first-order valence-electron chi connectivity index (χ1n) is 8.78. The van der Waals surface area contributed by atoms with Crippen molar-refractivity contribution in [3.63, 3.8) is 0 Å². The highest BCUT2D eigenvalue weighted by Gasteiger charge is 2.24. The van der Waals surface area contributed by atoms with Crippen LogP contribution in [0.3, 0.4) is 0 Å². The molecule has 0 aliphatic carbocycles. The summed E-state index contributed by atoms with van der Waals surface area (Å²) in [7, 11) is 1.73. The van der Waals surface area contributed by atoms with Gasteiger partial charge in [-0.3, -0.25) is 9.89 Å². The minimum absolute atomic E-state index is 0. The third kappa shape index (κ3) is 8.82. The number of nitrogens with one attached hydrogen (secondary N) is 2. The van der Waals surface area contributed by atoms with Gasteiger partial charge in [0.15, 0.2) is 5.96 Å². The Labute approximate surface area is 165 Å². The third-order valence-electron chi connectivity index (χ3n) is 4.28. The van der Waals surface area contributed by atoms with Gasteiger partial charge >= 0.3 is 0 Å². The fourth-order valence-electron chi connectivity index (χ4n) is 2.57. The van der Waals surface area contributed by atoms with E-state index in [0.29, 0.717) is 18.5 Å². The number of morpholine rings is 1. The standard InChI is InChI=1S/C17H36N4O2.HI/c1-7-18-16(20-13-17(4,5)22-6)19-12-15(14(2)3)21-8-10-23-11-9-21;/h14-15H,7-13H2,1-6H3,(H2,18,19,20);1H. The molecule has 0 radical (unpaired) electrons. The Bertz CT molecular complexity index is 358. The van der Waals surface area contributed by atoms with Crippen LogP contribution in [-0.4, -0.2) is 75.5 Å². The lowest BCUT2D eigenvalue weighted by atomic mass is 10.0. The zero-order valence-electron chi connectivity index (χ0n) is 16.2. The van der Waals surface area contributed by atoms with Gasteiger partial charge in [0.25, 0.3) is 0 Å². The van der Waals surface area contributed by atoms with Gasteiger partial charge in [-0.05, 0) is 26.7 Å². The SMILES string of the molecule is CCNC(=NCC(C)(C)OC)NCC(C(C)C)N1CCOCC1.I. The molecule has 0 aromatic rings. The van der Waals surface area contributed by atoms with Crippen molar-refractivity contribution in [1.82, 2.24) is 15.5 Å². The van der Waals surface area contributed by atoms with E-state index in [-0.39, 0.29) is 29.6 Å². The second-order valence-corrected chi connectivity index (χ2v) is 7.00. The maximum Gasteiger partial charge on any atom is 0.191 e. The molecule has 0 saturated carbocycles. The average Bonchev–Trinajstić information content (AvgIpc) is 2.53. The van der Waals surface area contributed by atoms with Gasteiger partial charge in [-0.2, -0.15) is 0 Å². The summed E-state index contributed by atoms with van der Waals surface area (Å²) in [6.07, 6.45) is 0. The van der Waals surface area contributed by atoms with Crippen LogP contribution in [-0.2, 0) is 9.47 Å². The van der Waals surface area contributed by atoms with E-state index in [0.717, 1.165) is 45.4 Å². The predicted octanol–water partition coefficient (Wildman–Crippen LogP) is 1.94. The molecule has 1 rings (SSSR count). The summed E-state index contributed by atoms with van der Waals surface area (Å²) >= 11 is 0. The van der Waals surface area contributed by atoms with Gasteiger partial charge in [-0.25, -0.2) is 0 Å². The van der Waals surface area contributed by atoms with Crippen LogP contribution in [0.4, 0.5) is 0 Å². The van der Waals surface area contributed by atoms with Gasteiger partial charge in [0.1, 0.15) is 0 Å². The molecule has 1 unspecified atom stereocenters. The maximum atomic E-state index is 5.47. The first-order valence-corrected chi connectivity index (χ1v) is 8.78. The molecule has 1 heterocycles. The van der Waals surface area contributed by atoms with Crippen molar-refractivity contribution in [3.05, 3.63) is 0 Å². The summed E-state index contributed by atoms with van der Waals surface area (Å²) in [5.74, 6) is 1.44. The van der Waals surface area contributed by atoms with E-state index >= 15 is 0 Å². The van der Waals surface area contributed by atoms with E-state index < -0.39 is 0 Å². The first-order chi connectivity index (χ1) is 10.9. The summed E-state index contributed by atoms with van der Waals surface area (Å²) in [5, 5.41) is 6.81. The Kier molecular flexibility index (Phi) is 12.2. The normalized spacial score (nSPS) is 18.2. The minimum atomic E-state index is -0.246. The Balaban J connectivity index is 0.00000529. The number of halogens is 1. The Hall–Kier alpha value is -0.120. The number of methoxy groups -OCH3 is 1. The van der Waals surface area contributed by atoms with Crippen molar-refractivity contribution in [3.8, 4) is 0 Å². The van der Waals surface area contributed by atoms with Crippen LogP contribution in [0.5, 0.6) is 0 Å². The molecule has 2 N–H and O–H groups in total. The molecule has 24 heavy (non-hydrogen) atoms. The minimum Gasteiger partial charge on any atom is -0.379 e. The van der Waals surface area contributed by atoms with Crippen LogP contribution < -0.4 is 10.6 Å². The summed E-state index contributed by atoms with van der Waals surface area (Å²) < 4.78 is 10.9. The maximum absolute atomic E-state index is 5.47. The molecular weight excluding hydrogens is 419 g/mol. The van der Waals surface area contributed by atoms with E-state index in [1.165, 1.54) is 0 Å². The highest BCUT2D eigenvalue weighted by molar-refractivity contribution is 14.0. The number of aliphatic imine (C=N–C) groups is 1. The summed E-state index contributed by atoms with van der Waals surface area (Å²) in [4.78, 5) is 7.18. The molecular formula is C17H37IN4O2. The Morgan fingerprint density at radius 1 is 1.25 bits per heavy atom. The molecule has 6 nitrogen and oxygen atoms in total. The Morgan fingerprint density at radius 3 is 2.38 bits per heavy atom. The molecule has 7 heteroatoms. The van der Waals surface area contributed by atoms with Crippen molar-refractivity contribution in [2.75, 3.05) is 53.0 Å². The van der Waals surface area contributed by atoms with E-state index in [1.807, 2.05) is 13.8 Å². The first kappa shape index (κ1) is 23.9. The van der Waals surface area contributed by atoms with Crippen molar-refractivity contribution in [2.24, 2.45) is 10.9 Å². The monoisotopic (exact) mass is 456 g/mol. The van der Waals surface area contributed by atoms with Crippen LogP contribution in [0.2, 0.25) is 0 Å². The van der Waals surface area contributed by atoms with Crippen LogP contribution in [0.15, 0.2) is 4.99 Å². The lowest BCUT2D eigenvalue weighted by Crippen LogP contribution is -2.52. The predicted molar refractivity (Wildman–Crippen MR) is 112 cm³/mol. The second-order valence-electron chi connectivity index (χ2n) is 7.00. The molecule has 1 aliphatic heterocycles. The Morgan fingerprint density at radius 2 is 1.88 bits per heavy atom. The number of nitrogens with zero attached hydrogens (tertiary/aromatic N) is 2. The average molecular weight is 456 g/mol. The van der Waals surface area contributed by atoms with Crippen molar-refractivity contribution in [2.45, 2.75) is 46.3 Å². The number of hydrogen-bond acceptors (Lipinski definition) is 4. The van der Waals surface area contributed by atoms with E-state index in [4.69, 9.17) is 9.47 Å². The summed E-state index contributed by atoms with van der Waals surface area (Å²) in [6.45, 7) is 16.8. The van der Waals surface area contributed by atoms with Crippen molar-refractivity contribution < 1.29 is 9.47 Å². The largest absolute Gasteiger partial charge is 0.379 e. The van der Waals surface area contributed by atoms with Gasteiger partial charge < -0.3 is 20.1 Å². The van der Waals surface area contributed by atoms with Crippen LogP contribution in [0.1, 0.15) is 34.6 Å². The van der Waals surface area contributed by atoms with Gasteiger partial charge in [-0.15, -0.1) is 24.0 Å². The van der Waals surface area contributed by atoms with Crippen LogP contribution >= 0.6 is 24.0 Å². The highest BCUT2D eigenvalue weighted by Crippen LogP contribution is 2.12. The van der Waals surface area contributed by atoms with Gasteiger partial charge in [0.2, 0.25) is 0 Å². The van der Waals surface area contributed by atoms with Gasteiger partial charge in [0.05, 0.1) is 25.4 Å². The number of hydrogen-bond donors (Lipinski definition) is 2. The quantitative estimate of drug-likeness (QED) is 0.332. The molecule has 1 atom stereocenters. The lowest BCUT2D eigenvalue weighted by Gasteiger charge is -2.37. The van der Waals surface area contributed by atoms with Gasteiger partial charge in [0, 0.05) is 39.3 Å². The lowest BCUT2D eigenvalue weighted by molar-refractivity contribution is 0.00747. The molecule has 1 saturated heterocycles. The molecule has 0 aromatic carbocycles. The molecule has 0 aromatic heterocycles. The number of guanidine groups is 1. The smallest absolute Gasteiger partial charge is 0.191 e. The van der Waals surface area contributed by atoms with Crippen LogP contribution in [0, 0.1) is 5.92 Å². The van der Waals surface area contributed by atoms with E-state index in [9.17, 15) is 0 Å². The topological polar surface area (TPSA) is 58.1 Å². The zero-order valence-corrected chi connectivity index (χ0v) is 18.6. The second kappa shape index (κ2) is 12.3. The molecule has 0 bridgehead atoms. The highest BCUT2D eigenvalue weighted by atomic mass is 127. The third-order valence-corrected chi connectivity index (χ3v) is 4.28. The molecule has 144 valence electrons. The molecule has 1 fully saturated rings. The van der Waals surface area contributed by atoms with E-state index in [2.05, 4.69) is 41.3 Å². The van der Waals surface area contributed by atoms with Crippen molar-refractivity contribution >= 4 is 29.9 Å². The molecule has 1 aliphatic rings. The summed E-state index contributed by atoms with van der Waals surface area (Å²) in [5.41, 5.74) is -0.246.